The minimum Gasteiger partial charge on any atom is -0.476 e. The number of hydrogen-bond donors (Lipinski definition) is 1. The van der Waals surface area contributed by atoms with E-state index in [-0.39, 0.29) is 16.3 Å². The predicted octanol–water partition coefficient (Wildman–Crippen LogP) is 1.01. The number of rotatable bonds is 4. The lowest BCUT2D eigenvalue weighted by atomic mass is 10.3. The quantitative estimate of drug-likeness (QED) is 0.885. The SMILES string of the molecule is CCS(=O)(=O)c1ccc(C2OCCCO2)nc1C(=O)O. The van der Waals surface area contributed by atoms with Gasteiger partial charge in [-0.05, 0) is 18.6 Å². The highest BCUT2D eigenvalue weighted by atomic mass is 32.2. The Morgan fingerprint density at radius 3 is 2.60 bits per heavy atom. The third kappa shape index (κ3) is 2.97. The molecule has 20 heavy (non-hydrogen) atoms. The van der Waals surface area contributed by atoms with Crippen molar-refractivity contribution >= 4 is 15.8 Å². The number of carboxylic acid groups (broad SMARTS) is 1. The number of carboxylic acids is 1. The van der Waals surface area contributed by atoms with Crippen molar-refractivity contribution in [2.75, 3.05) is 19.0 Å². The van der Waals surface area contributed by atoms with Gasteiger partial charge in [0.25, 0.3) is 0 Å². The molecule has 0 unspecified atom stereocenters. The van der Waals surface area contributed by atoms with Crippen LogP contribution in [-0.4, -0.2) is 43.4 Å². The topological polar surface area (TPSA) is 103 Å². The van der Waals surface area contributed by atoms with Gasteiger partial charge in [0.2, 0.25) is 6.29 Å². The second-order valence-electron chi connectivity index (χ2n) is 4.22. The molecular formula is C12H15NO6S. The fourth-order valence-electron chi connectivity index (χ4n) is 1.81. The molecule has 0 radical (unpaired) electrons. The molecule has 1 aliphatic rings. The Bertz CT molecular complexity index is 606. The first-order chi connectivity index (χ1) is 9.45. The molecule has 1 N–H and O–H groups in total. The highest BCUT2D eigenvalue weighted by molar-refractivity contribution is 7.91. The van der Waals surface area contributed by atoms with Crippen molar-refractivity contribution in [2.45, 2.75) is 24.5 Å². The van der Waals surface area contributed by atoms with Crippen LogP contribution in [0.15, 0.2) is 17.0 Å². The van der Waals surface area contributed by atoms with E-state index in [9.17, 15) is 13.2 Å². The smallest absolute Gasteiger partial charge is 0.355 e. The van der Waals surface area contributed by atoms with E-state index in [0.29, 0.717) is 13.2 Å². The molecule has 1 aliphatic heterocycles. The van der Waals surface area contributed by atoms with E-state index in [4.69, 9.17) is 14.6 Å². The third-order valence-electron chi connectivity index (χ3n) is 2.87. The van der Waals surface area contributed by atoms with Crippen LogP contribution in [0.3, 0.4) is 0 Å². The molecular weight excluding hydrogens is 286 g/mol. The molecule has 0 bridgehead atoms. The van der Waals surface area contributed by atoms with Crippen molar-refractivity contribution in [1.82, 2.24) is 4.98 Å². The van der Waals surface area contributed by atoms with Gasteiger partial charge in [0.1, 0.15) is 4.90 Å². The lowest BCUT2D eigenvalue weighted by molar-refractivity contribution is -0.185. The van der Waals surface area contributed by atoms with Crippen LogP contribution >= 0.6 is 0 Å². The van der Waals surface area contributed by atoms with Gasteiger partial charge in [0.15, 0.2) is 15.5 Å². The first kappa shape index (κ1) is 14.9. The van der Waals surface area contributed by atoms with Gasteiger partial charge in [-0.25, -0.2) is 18.2 Å². The second kappa shape index (κ2) is 5.86. The number of nitrogens with zero attached hydrogens (tertiary/aromatic N) is 1. The lowest BCUT2D eigenvalue weighted by Gasteiger charge is -2.23. The van der Waals surface area contributed by atoms with Gasteiger partial charge in [-0.1, -0.05) is 6.92 Å². The van der Waals surface area contributed by atoms with E-state index >= 15 is 0 Å². The van der Waals surface area contributed by atoms with E-state index in [1.807, 2.05) is 0 Å². The number of aromatic carboxylic acids is 1. The maximum atomic E-state index is 11.8. The Kier molecular flexibility index (Phi) is 4.36. The summed E-state index contributed by atoms with van der Waals surface area (Å²) in [6, 6.07) is 2.66. The number of ether oxygens (including phenoxy) is 2. The maximum Gasteiger partial charge on any atom is 0.355 e. The highest BCUT2D eigenvalue weighted by Crippen LogP contribution is 2.24. The molecule has 1 aromatic heterocycles. The molecule has 0 saturated carbocycles. The molecule has 7 nitrogen and oxygen atoms in total. The number of carbonyl (C=O) groups is 1. The summed E-state index contributed by atoms with van der Waals surface area (Å²) in [6.07, 6.45) is 0.00476. The zero-order valence-electron chi connectivity index (χ0n) is 10.9. The van der Waals surface area contributed by atoms with Crippen molar-refractivity contribution in [2.24, 2.45) is 0 Å². The van der Waals surface area contributed by atoms with Crippen molar-refractivity contribution in [1.29, 1.82) is 0 Å². The van der Waals surface area contributed by atoms with Crippen molar-refractivity contribution in [3.63, 3.8) is 0 Å². The van der Waals surface area contributed by atoms with Crippen molar-refractivity contribution < 1.29 is 27.8 Å². The van der Waals surface area contributed by atoms with Gasteiger partial charge in [0.05, 0.1) is 24.7 Å². The first-order valence-corrected chi connectivity index (χ1v) is 7.81. The molecule has 0 aliphatic carbocycles. The van der Waals surface area contributed by atoms with Crippen LogP contribution in [0.5, 0.6) is 0 Å². The van der Waals surface area contributed by atoms with E-state index in [0.717, 1.165) is 6.42 Å². The predicted molar refractivity (Wildman–Crippen MR) is 68.2 cm³/mol. The summed E-state index contributed by atoms with van der Waals surface area (Å²) < 4.78 is 34.3. The Hall–Kier alpha value is -1.51. The largest absolute Gasteiger partial charge is 0.476 e. The van der Waals surface area contributed by atoms with Crippen LogP contribution in [0.25, 0.3) is 0 Å². The van der Waals surface area contributed by atoms with Crippen LogP contribution in [0.1, 0.15) is 35.8 Å². The van der Waals surface area contributed by atoms with Crippen LogP contribution in [0.2, 0.25) is 0 Å². The summed E-state index contributed by atoms with van der Waals surface area (Å²) in [7, 11) is -3.65. The standard InChI is InChI=1S/C12H15NO6S/c1-2-20(16,17)9-5-4-8(13-10(9)11(14)15)12-18-6-3-7-19-12/h4-5,12H,2-3,6-7H2,1H3,(H,14,15). The molecule has 0 spiro atoms. The van der Waals surface area contributed by atoms with Crippen LogP contribution in [-0.2, 0) is 19.3 Å². The van der Waals surface area contributed by atoms with Gasteiger partial charge >= 0.3 is 5.97 Å². The monoisotopic (exact) mass is 301 g/mol. The first-order valence-electron chi connectivity index (χ1n) is 6.16. The lowest BCUT2D eigenvalue weighted by Crippen LogP contribution is -2.21. The van der Waals surface area contributed by atoms with Crippen molar-refractivity contribution in [3.8, 4) is 0 Å². The minimum atomic E-state index is -3.65. The minimum absolute atomic E-state index is 0.190. The van der Waals surface area contributed by atoms with Gasteiger partial charge < -0.3 is 14.6 Å². The van der Waals surface area contributed by atoms with E-state index in [2.05, 4.69) is 4.98 Å². The van der Waals surface area contributed by atoms with Crippen LogP contribution in [0, 0.1) is 0 Å². The summed E-state index contributed by atoms with van der Waals surface area (Å²) in [4.78, 5) is 14.8. The summed E-state index contributed by atoms with van der Waals surface area (Å²) in [5.74, 6) is -1.58. The van der Waals surface area contributed by atoms with E-state index < -0.39 is 27.8 Å². The molecule has 1 aromatic rings. The highest BCUT2D eigenvalue weighted by Gasteiger charge is 2.26. The Morgan fingerprint density at radius 1 is 1.40 bits per heavy atom. The number of hydrogen-bond acceptors (Lipinski definition) is 6. The fourth-order valence-corrected chi connectivity index (χ4v) is 2.82. The fraction of sp³-hybridized carbons (Fsp3) is 0.500. The van der Waals surface area contributed by atoms with Crippen LogP contribution in [0.4, 0.5) is 0 Å². The van der Waals surface area contributed by atoms with Gasteiger partial charge in [0, 0.05) is 0 Å². The molecule has 0 amide bonds. The van der Waals surface area contributed by atoms with Gasteiger partial charge in [-0.15, -0.1) is 0 Å². The molecule has 1 saturated heterocycles. The molecule has 2 heterocycles. The second-order valence-corrected chi connectivity index (χ2v) is 6.47. The van der Waals surface area contributed by atoms with Gasteiger partial charge in [-0.3, -0.25) is 0 Å². The summed E-state index contributed by atoms with van der Waals surface area (Å²) in [5.41, 5.74) is -0.237. The molecule has 0 aromatic carbocycles. The number of pyridine rings is 1. The zero-order valence-corrected chi connectivity index (χ0v) is 11.7. The summed E-state index contributed by atoms with van der Waals surface area (Å²) in [6.45, 7) is 2.43. The number of aromatic nitrogens is 1. The number of sulfone groups is 1. The average molecular weight is 301 g/mol. The van der Waals surface area contributed by atoms with E-state index in [1.54, 1.807) is 0 Å². The molecule has 110 valence electrons. The molecule has 1 fully saturated rings. The normalized spacial score (nSPS) is 17.1. The van der Waals surface area contributed by atoms with Crippen LogP contribution < -0.4 is 0 Å². The Morgan fingerprint density at radius 2 is 2.05 bits per heavy atom. The van der Waals surface area contributed by atoms with Gasteiger partial charge in [-0.2, -0.15) is 0 Å². The maximum absolute atomic E-state index is 11.8. The zero-order chi connectivity index (χ0) is 14.8. The van der Waals surface area contributed by atoms with E-state index in [1.165, 1.54) is 19.1 Å². The molecule has 0 atom stereocenters. The molecule has 2 rings (SSSR count). The molecule has 8 heteroatoms. The Labute approximate surface area is 116 Å². The average Bonchev–Trinajstić information content (AvgIpc) is 2.47. The third-order valence-corrected chi connectivity index (χ3v) is 4.63. The summed E-state index contributed by atoms with van der Waals surface area (Å²) >= 11 is 0. The Balaban J connectivity index is 2.45. The van der Waals surface area contributed by atoms with Crippen molar-refractivity contribution in [3.05, 3.63) is 23.5 Å². The summed E-state index contributed by atoms with van der Waals surface area (Å²) in [5, 5.41) is 9.14.